The van der Waals surface area contributed by atoms with E-state index in [0.29, 0.717) is 10.1 Å². The van der Waals surface area contributed by atoms with Crippen LogP contribution >= 0.6 is 23.8 Å². The van der Waals surface area contributed by atoms with E-state index in [2.05, 4.69) is 58.9 Å². The van der Waals surface area contributed by atoms with Crippen LogP contribution in [0.25, 0.3) is 0 Å². The maximum Gasteiger partial charge on any atom is 0.191 e. The summed E-state index contributed by atoms with van der Waals surface area (Å²) in [6.07, 6.45) is 4.16. The molecule has 0 aliphatic carbocycles. The van der Waals surface area contributed by atoms with Gasteiger partial charge in [0.1, 0.15) is 0 Å². The number of nitrogens with zero attached hydrogens (tertiary/aromatic N) is 2. The van der Waals surface area contributed by atoms with Crippen LogP contribution in [0.3, 0.4) is 0 Å². The lowest BCUT2D eigenvalue weighted by molar-refractivity contribution is 0.732. The Labute approximate surface area is 172 Å². The van der Waals surface area contributed by atoms with Gasteiger partial charge in [-0.25, -0.2) is 0 Å². The highest BCUT2D eigenvalue weighted by Crippen LogP contribution is 2.22. The number of hydrogen-bond acceptors (Lipinski definition) is 3. The van der Waals surface area contributed by atoms with Crippen molar-refractivity contribution in [3.8, 4) is 0 Å². The van der Waals surface area contributed by atoms with E-state index in [9.17, 15) is 0 Å². The number of anilines is 2. The van der Waals surface area contributed by atoms with Crippen molar-refractivity contribution in [3.05, 3.63) is 58.6 Å². The molecule has 0 saturated heterocycles. The molecule has 0 bridgehead atoms. The van der Waals surface area contributed by atoms with Gasteiger partial charge in [0.2, 0.25) is 0 Å². The molecule has 0 amide bonds. The molecule has 27 heavy (non-hydrogen) atoms. The summed E-state index contributed by atoms with van der Waals surface area (Å²) in [5.41, 5.74) is 6.91. The number of rotatable bonds is 8. The first-order chi connectivity index (χ1) is 13.0. The molecule has 6 heteroatoms. The minimum Gasteiger partial charge on any atom is -0.372 e. The van der Waals surface area contributed by atoms with Crippen LogP contribution in [0.2, 0.25) is 5.02 Å². The standard InChI is InChI=1S/C21H27ClN4S/c1-4-6-14-26(5-2)18-12-10-17(11-13-18)15-23-25-21(27)24-20-9-7-8-19(22)16(20)3/h7-13,15H,4-6,14H2,1-3H3,(H2,24,25,27). The van der Waals surface area contributed by atoms with Crippen molar-refractivity contribution in [3.63, 3.8) is 0 Å². The maximum absolute atomic E-state index is 6.12. The van der Waals surface area contributed by atoms with Crippen molar-refractivity contribution >= 4 is 46.5 Å². The summed E-state index contributed by atoms with van der Waals surface area (Å²) >= 11 is 11.4. The number of hydrogen-bond donors (Lipinski definition) is 2. The van der Waals surface area contributed by atoms with Crippen LogP contribution in [0.4, 0.5) is 11.4 Å². The number of halogens is 1. The Hall–Kier alpha value is -2.11. The smallest absolute Gasteiger partial charge is 0.191 e. The Morgan fingerprint density at radius 2 is 1.93 bits per heavy atom. The number of unbranched alkanes of at least 4 members (excludes halogenated alkanes) is 1. The second-order valence-corrected chi connectivity index (χ2v) is 7.08. The zero-order chi connectivity index (χ0) is 19.6. The molecule has 0 aliphatic heterocycles. The van der Waals surface area contributed by atoms with Gasteiger partial charge in [-0.2, -0.15) is 5.10 Å². The van der Waals surface area contributed by atoms with Gasteiger partial charge in [0, 0.05) is 29.5 Å². The maximum atomic E-state index is 6.12. The van der Waals surface area contributed by atoms with Crippen molar-refractivity contribution in [1.82, 2.24) is 5.43 Å². The minimum absolute atomic E-state index is 0.421. The van der Waals surface area contributed by atoms with Crippen LogP contribution < -0.4 is 15.6 Å². The van der Waals surface area contributed by atoms with Gasteiger partial charge in [-0.15, -0.1) is 0 Å². The number of nitrogens with one attached hydrogen (secondary N) is 2. The van der Waals surface area contributed by atoms with Crippen LogP contribution in [0, 0.1) is 6.92 Å². The topological polar surface area (TPSA) is 39.7 Å². The Kier molecular flexibility index (Phi) is 8.55. The molecular weight excluding hydrogens is 376 g/mol. The molecule has 0 atom stereocenters. The first-order valence-electron chi connectivity index (χ1n) is 9.25. The van der Waals surface area contributed by atoms with E-state index in [0.717, 1.165) is 29.9 Å². The van der Waals surface area contributed by atoms with Crippen LogP contribution in [-0.2, 0) is 0 Å². The molecule has 0 saturated carbocycles. The molecule has 0 spiro atoms. The zero-order valence-corrected chi connectivity index (χ0v) is 17.7. The normalized spacial score (nSPS) is 10.8. The van der Waals surface area contributed by atoms with Gasteiger partial charge < -0.3 is 10.2 Å². The Bertz CT molecular complexity index is 774. The largest absolute Gasteiger partial charge is 0.372 e. The summed E-state index contributed by atoms with van der Waals surface area (Å²) in [6, 6.07) is 14.0. The Morgan fingerprint density at radius 1 is 1.19 bits per heavy atom. The van der Waals surface area contributed by atoms with Crippen molar-refractivity contribution in [2.75, 3.05) is 23.3 Å². The van der Waals surface area contributed by atoms with Crippen LogP contribution in [-0.4, -0.2) is 24.4 Å². The lowest BCUT2D eigenvalue weighted by atomic mass is 10.2. The van der Waals surface area contributed by atoms with E-state index in [4.69, 9.17) is 23.8 Å². The monoisotopic (exact) mass is 402 g/mol. The average Bonchev–Trinajstić information content (AvgIpc) is 2.67. The third-order valence-electron chi connectivity index (χ3n) is 4.32. The van der Waals surface area contributed by atoms with Crippen molar-refractivity contribution in [2.45, 2.75) is 33.6 Å². The molecule has 144 valence electrons. The minimum atomic E-state index is 0.421. The fourth-order valence-electron chi connectivity index (χ4n) is 2.65. The Balaban J connectivity index is 1.90. The average molecular weight is 403 g/mol. The molecule has 0 unspecified atom stereocenters. The quantitative estimate of drug-likeness (QED) is 0.342. The molecule has 2 rings (SSSR count). The number of thiocarbonyl (C=S) groups is 1. The van der Waals surface area contributed by atoms with Gasteiger partial charge >= 0.3 is 0 Å². The highest BCUT2D eigenvalue weighted by molar-refractivity contribution is 7.80. The molecule has 4 nitrogen and oxygen atoms in total. The van der Waals surface area contributed by atoms with Gasteiger partial charge in [-0.05, 0) is 67.9 Å². The van der Waals surface area contributed by atoms with Gasteiger partial charge in [-0.1, -0.05) is 43.1 Å². The lowest BCUT2D eigenvalue weighted by Gasteiger charge is -2.22. The highest BCUT2D eigenvalue weighted by Gasteiger charge is 2.04. The number of hydrazone groups is 1. The van der Waals surface area contributed by atoms with E-state index < -0.39 is 0 Å². The van der Waals surface area contributed by atoms with Gasteiger partial charge in [0.15, 0.2) is 5.11 Å². The summed E-state index contributed by atoms with van der Waals surface area (Å²) in [4.78, 5) is 2.38. The fourth-order valence-corrected chi connectivity index (χ4v) is 2.99. The van der Waals surface area contributed by atoms with E-state index in [1.807, 2.05) is 25.1 Å². The zero-order valence-electron chi connectivity index (χ0n) is 16.1. The summed E-state index contributed by atoms with van der Waals surface area (Å²) < 4.78 is 0. The second kappa shape index (κ2) is 10.9. The first kappa shape index (κ1) is 21.2. The summed E-state index contributed by atoms with van der Waals surface area (Å²) in [5.74, 6) is 0. The molecule has 0 aliphatic rings. The SMILES string of the molecule is CCCCN(CC)c1ccc(C=NNC(=S)Nc2cccc(Cl)c2C)cc1. The van der Waals surface area contributed by atoms with Gasteiger partial charge in [-0.3, -0.25) is 5.43 Å². The van der Waals surface area contributed by atoms with E-state index in [1.165, 1.54) is 18.5 Å². The fraction of sp³-hybridized carbons (Fsp3) is 0.333. The molecule has 2 aromatic rings. The van der Waals surface area contributed by atoms with Crippen molar-refractivity contribution < 1.29 is 0 Å². The molecule has 2 N–H and O–H groups in total. The second-order valence-electron chi connectivity index (χ2n) is 6.26. The van der Waals surface area contributed by atoms with Crippen molar-refractivity contribution in [1.29, 1.82) is 0 Å². The van der Waals surface area contributed by atoms with Gasteiger partial charge in [0.25, 0.3) is 0 Å². The molecule has 2 aromatic carbocycles. The van der Waals surface area contributed by atoms with E-state index in [-0.39, 0.29) is 0 Å². The molecular formula is C21H27ClN4S. The van der Waals surface area contributed by atoms with E-state index >= 15 is 0 Å². The lowest BCUT2D eigenvalue weighted by Crippen LogP contribution is -2.24. The summed E-state index contributed by atoms with van der Waals surface area (Å²) in [5, 5.41) is 8.43. The predicted octanol–water partition coefficient (Wildman–Crippen LogP) is 5.60. The third kappa shape index (κ3) is 6.52. The predicted molar refractivity (Wildman–Crippen MR) is 122 cm³/mol. The molecule has 0 radical (unpaired) electrons. The molecule has 0 aromatic heterocycles. The molecule has 0 heterocycles. The van der Waals surface area contributed by atoms with Crippen LogP contribution in [0.5, 0.6) is 0 Å². The van der Waals surface area contributed by atoms with Crippen molar-refractivity contribution in [2.24, 2.45) is 5.10 Å². The van der Waals surface area contributed by atoms with Crippen LogP contribution in [0.15, 0.2) is 47.6 Å². The van der Waals surface area contributed by atoms with E-state index in [1.54, 1.807) is 6.21 Å². The van der Waals surface area contributed by atoms with Crippen LogP contribution in [0.1, 0.15) is 37.8 Å². The first-order valence-corrected chi connectivity index (χ1v) is 10.0. The van der Waals surface area contributed by atoms with Gasteiger partial charge in [0.05, 0.1) is 6.21 Å². The third-order valence-corrected chi connectivity index (χ3v) is 4.92. The Morgan fingerprint density at radius 3 is 2.59 bits per heavy atom. The highest BCUT2D eigenvalue weighted by atomic mass is 35.5. The summed E-state index contributed by atoms with van der Waals surface area (Å²) in [7, 11) is 0. The number of benzene rings is 2. The summed E-state index contributed by atoms with van der Waals surface area (Å²) in [6.45, 7) is 8.44. The molecule has 0 fully saturated rings.